The molecule has 24 heavy (non-hydrogen) atoms. The summed E-state index contributed by atoms with van der Waals surface area (Å²) in [6, 6.07) is 4.14. The summed E-state index contributed by atoms with van der Waals surface area (Å²) >= 11 is 0. The van der Waals surface area contributed by atoms with Crippen LogP contribution in [0.15, 0.2) is 18.2 Å². The van der Waals surface area contributed by atoms with E-state index in [0.29, 0.717) is 12.0 Å². The van der Waals surface area contributed by atoms with Gasteiger partial charge in [0.2, 0.25) is 0 Å². The van der Waals surface area contributed by atoms with Crippen molar-refractivity contribution in [2.45, 2.75) is 64.4 Å². The Morgan fingerprint density at radius 1 is 1.25 bits per heavy atom. The normalized spacial score (nSPS) is 22.1. The van der Waals surface area contributed by atoms with Crippen LogP contribution >= 0.6 is 0 Å². The largest absolute Gasteiger partial charge is 0.460 e. The molecule has 0 bridgehead atoms. The zero-order chi connectivity index (χ0) is 18.3. The van der Waals surface area contributed by atoms with E-state index in [2.05, 4.69) is 4.72 Å². The van der Waals surface area contributed by atoms with Crippen LogP contribution in [0.25, 0.3) is 0 Å². The van der Waals surface area contributed by atoms with Crippen LogP contribution in [0.1, 0.15) is 58.7 Å². The Balaban J connectivity index is 2.36. The molecule has 1 aromatic carbocycles. The number of hydrogen-bond donors (Lipinski definition) is 1. The molecule has 0 fully saturated rings. The van der Waals surface area contributed by atoms with Crippen molar-refractivity contribution in [1.29, 1.82) is 0 Å². The number of rotatable bonds is 3. The summed E-state index contributed by atoms with van der Waals surface area (Å²) in [6.07, 6.45) is 0.376. The Morgan fingerprint density at radius 2 is 1.88 bits per heavy atom. The number of benzene rings is 1. The van der Waals surface area contributed by atoms with E-state index in [4.69, 9.17) is 4.74 Å². The third-order valence-electron chi connectivity index (χ3n) is 3.80. The molecular formula is C18H26FNO3S. The topological polar surface area (TPSA) is 55.4 Å². The lowest BCUT2D eigenvalue weighted by Crippen LogP contribution is -2.40. The Hall–Kier alpha value is -1.27. The van der Waals surface area contributed by atoms with Gasteiger partial charge in [-0.3, -0.25) is 4.79 Å². The number of halogens is 1. The van der Waals surface area contributed by atoms with Crippen LogP contribution in [-0.2, 0) is 26.9 Å². The van der Waals surface area contributed by atoms with Gasteiger partial charge in [0, 0.05) is 5.56 Å². The molecule has 0 saturated carbocycles. The molecule has 0 amide bonds. The van der Waals surface area contributed by atoms with Gasteiger partial charge in [-0.15, -0.1) is 0 Å². The molecule has 3 unspecified atom stereocenters. The zero-order valence-corrected chi connectivity index (χ0v) is 15.9. The average Bonchev–Trinajstić information content (AvgIpc) is 2.76. The average molecular weight is 355 g/mol. The number of ether oxygens (including phenoxy) is 1. The van der Waals surface area contributed by atoms with Crippen LogP contribution in [0.4, 0.5) is 4.39 Å². The number of carbonyl (C=O) groups is 1. The Morgan fingerprint density at radius 3 is 2.42 bits per heavy atom. The van der Waals surface area contributed by atoms with Gasteiger partial charge >= 0.3 is 5.97 Å². The number of hydrogen-bond acceptors (Lipinski definition) is 3. The molecule has 0 radical (unpaired) electrons. The highest BCUT2D eigenvalue weighted by atomic mass is 32.2. The van der Waals surface area contributed by atoms with Gasteiger partial charge in [0.05, 0.1) is 27.7 Å². The molecule has 4 nitrogen and oxygen atoms in total. The predicted molar refractivity (Wildman–Crippen MR) is 93.2 cm³/mol. The maximum Gasteiger partial charge on any atom is 0.311 e. The minimum Gasteiger partial charge on any atom is -0.460 e. The molecule has 1 aliphatic rings. The van der Waals surface area contributed by atoms with Gasteiger partial charge in [-0.25, -0.2) is 13.3 Å². The smallest absolute Gasteiger partial charge is 0.311 e. The highest BCUT2D eigenvalue weighted by molar-refractivity contribution is 7.84. The summed E-state index contributed by atoms with van der Waals surface area (Å²) in [5.41, 5.74) is 0.554. The van der Waals surface area contributed by atoms with Crippen molar-refractivity contribution in [3.8, 4) is 0 Å². The number of esters is 1. The van der Waals surface area contributed by atoms with Crippen LogP contribution in [-0.4, -0.2) is 20.5 Å². The third kappa shape index (κ3) is 4.22. The summed E-state index contributed by atoms with van der Waals surface area (Å²) in [6.45, 7) is 10.9. The van der Waals surface area contributed by atoms with E-state index in [-0.39, 0.29) is 5.82 Å². The van der Waals surface area contributed by atoms with E-state index in [1.54, 1.807) is 32.9 Å². The van der Waals surface area contributed by atoms with Gasteiger partial charge in [0.25, 0.3) is 0 Å². The fourth-order valence-electron chi connectivity index (χ4n) is 2.69. The fourth-order valence-corrected chi connectivity index (χ4v) is 3.56. The Kier molecular flexibility index (Phi) is 5.21. The number of carbonyl (C=O) groups excluding carboxylic acids is 1. The third-order valence-corrected chi connectivity index (χ3v) is 5.38. The lowest BCUT2D eigenvalue weighted by Gasteiger charge is -2.28. The lowest BCUT2D eigenvalue weighted by molar-refractivity contribution is -0.160. The first-order valence-electron chi connectivity index (χ1n) is 8.08. The zero-order valence-electron chi connectivity index (χ0n) is 15.1. The van der Waals surface area contributed by atoms with Crippen LogP contribution in [0.2, 0.25) is 0 Å². The van der Waals surface area contributed by atoms with Crippen LogP contribution in [0.5, 0.6) is 0 Å². The molecule has 1 N–H and O–H groups in total. The summed E-state index contributed by atoms with van der Waals surface area (Å²) in [7, 11) is -1.43. The molecule has 3 atom stereocenters. The second kappa shape index (κ2) is 6.56. The maximum atomic E-state index is 14.4. The molecular weight excluding hydrogens is 329 g/mol. The van der Waals surface area contributed by atoms with Gasteiger partial charge in [-0.05, 0) is 59.6 Å². The molecule has 0 aliphatic heterocycles. The first-order chi connectivity index (χ1) is 10.9. The van der Waals surface area contributed by atoms with E-state index in [0.717, 1.165) is 5.56 Å². The Bertz CT molecular complexity index is 661. The van der Waals surface area contributed by atoms with E-state index in [1.165, 1.54) is 6.07 Å². The van der Waals surface area contributed by atoms with E-state index in [1.807, 2.05) is 20.8 Å². The van der Waals surface area contributed by atoms with Crippen LogP contribution < -0.4 is 4.72 Å². The monoisotopic (exact) mass is 355 g/mol. The second-order valence-electron chi connectivity index (χ2n) is 8.13. The number of fused-ring (bicyclic) bond motifs is 1. The minimum absolute atomic E-state index is 0.376. The molecule has 1 aromatic rings. The molecule has 2 rings (SSSR count). The first kappa shape index (κ1) is 19.1. The summed E-state index contributed by atoms with van der Waals surface area (Å²) < 4.78 is 34.8. The van der Waals surface area contributed by atoms with Crippen molar-refractivity contribution in [3.63, 3.8) is 0 Å². The quantitative estimate of drug-likeness (QED) is 0.845. The molecule has 0 aromatic heterocycles. The van der Waals surface area contributed by atoms with Crippen molar-refractivity contribution in [1.82, 2.24) is 4.72 Å². The van der Waals surface area contributed by atoms with Crippen LogP contribution in [0, 0.1) is 11.7 Å². The van der Waals surface area contributed by atoms with Crippen LogP contribution in [0.3, 0.4) is 0 Å². The van der Waals surface area contributed by atoms with E-state index >= 15 is 0 Å². The number of nitrogens with one attached hydrogen (secondary N) is 1. The van der Waals surface area contributed by atoms with Crippen molar-refractivity contribution < 1.29 is 18.1 Å². The Labute approximate surface area is 145 Å². The summed E-state index contributed by atoms with van der Waals surface area (Å²) in [5.74, 6) is -1.38. The standard InChI is InChI=1S/C18H26FNO3S/c1-17(2,3)23-16(21)12-10-11-8-7-9-13(19)14(11)15(12)20-24(22)18(4,5)6/h7-9,12,15,20H,10H2,1-6H3. The van der Waals surface area contributed by atoms with Gasteiger partial charge in [-0.1, -0.05) is 12.1 Å². The highest BCUT2D eigenvalue weighted by Gasteiger charge is 2.42. The first-order valence-corrected chi connectivity index (χ1v) is 9.23. The minimum atomic E-state index is -1.43. The fraction of sp³-hybridized carbons (Fsp3) is 0.611. The van der Waals surface area contributed by atoms with Gasteiger partial charge in [0.15, 0.2) is 0 Å². The molecule has 134 valence electrons. The second-order valence-corrected chi connectivity index (χ2v) is 10.1. The van der Waals surface area contributed by atoms with Crippen molar-refractivity contribution in [2.75, 3.05) is 0 Å². The van der Waals surface area contributed by atoms with Crippen molar-refractivity contribution >= 4 is 17.0 Å². The highest BCUT2D eigenvalue weighted by Crippen LogP contribution is 2.39. The summed E-state index contributed by atoms with van der Waals surface area (Å²) in [5, 5.41) is 0. The molecule has 1 aliphatic carbocycles. The van der Waals surface area contributed by atoms with E-state index < -0.39 is 39.3 Å². The SMILES string of the molecule is CC(C)(C)OC(=O)C1Cc2cccc(F)c2C1NS(=O)C(C)(C)C. The van der Waals surface area contributed by atoms with Crippen molar-refractivity contribution in [2.24, 2.45) is 5.92 Å². The van der Waals surface area contributed by atoms with Gasteiger partial charge in [0.1, 0.15) is 11.4 Å². The van der Waals surface area contributed by atoms with Gasteiger partial charge in [-0.2, -0.15) is 0 Å². The van der Waals surface area contributed by atoms with Gasteiger partial charge < -0.3 is 4.74 Å². The van der Waals surface area contributed by atoms with E-state index in [9.17, 15) is 13.4 Å². The molecule has 0 heterocycles. The maximum absolute atomic E-state index is 14.4. The lowest BCUT2D eigenvalue weighted by atomic mass is 10.0. The summed E-state index contributed by atoms with van der Waals surface area (Å²) in [4.78, 5) is 12.6. The molecule has 6 heteroatoms. The molecule has 0 saturated heterocycles. The molecule has 0 spiro atoms. The van der Waals surface area contributed by atoms with Crippen molar-refractivity contribution in [3.05, 3.63) is 35.1 Å². The predicted octanol–water partition coefficient (Wildman–Crippen LogP) is 3.43.